The van der Waals surface area contributed by atoms with Gasteiger partial charge in [0.05, 0.1) is 22.8 Å². The number of halogens is 1. The first kappa shape index (κ1) is 12.9. The zero-order valence-corrected chi connectivity index (χ0v) is 11.7. The monoisotopic (exact) mass is 277 g/mol. The van der Waals surface area contributed by atoms with E-state index in [1.54, 1.807) is 23.5 Å². The van der Waals surface area contributed by atoms with Gasteiger partial charge < -0.3 is 5.32 Å². The largest absolute Gasteiger partial charge is 0.378 e. The van der Waals surface area contributed by atoms with Crippen molar-refractivity contribution in [3.05, 3.63) is 44.4 Å². The minimum absolute atomic E-state index is 0.467. The molecule has 0 aliphatic carbocycles. The Morgan fingerprint density at radius 2 is 2.22 bits per heavy atom. The van der Waals surface area contributed by atoms with Crippen molar-refractivity contribution in [1.29, 1.82) is 5.26 Å². The summed E-state index contributed by atoms with van der Waals surface area (Å²) in [6.07, 6.45) is 0. The number of aryl methyl sites for hydroxylation is 2. The van der Waals surface area contributed by atoms with E-state index in [1.807, 2.05) is 19.1 Å². The molecule has 1 heterocycles. The van der Waals surface area contributed by atoms with E-state index in [0.29, 0.717) is 17.1 Å². The van der Waals surface area contributed by atoms with Crippen molar-refractivity contribution < 1.29 is 0 Å². The lowest BCUT2D eigenvalue weighted by Crippen LogP contribution is -1.99. The third-order valence-electron chi connectivity index (χ3n) is 2.61. The van der Waals surface area contributed by atoms with Gasteiger partial charge in [-0.15, -0.1) is 11.3 Å². The van der Waals surface area contributed by atoms with Crippen LogP contribution in [0, 0.1) is 25.2 Å². The number of nitrogens with one attached hydrogen (secondary N) is 1. The molecule has 0 spiro atoms. The smallest absolute Gasteiger partial charge is 0.112 e. The van der Waals surface area contributed by atoms with Crippen molar-refractivity contribution in [3.8, 4) is 6.07 Å². The molecule has 0 radical (unpaired) electrons. The van der Waals surface area contributed by atoms with Crippen molar-refractivity contribution in [2.75, 3.05) is 5.32 Å². The van der Waals surface area contributed by atoms with Gasteiger partial charge in [-0.3, -0.25) is 0 Å². The van der Waals surface area contributed by atoms with Gasteiger partial charge in [-0.2, -0.15) is 5.26 Å². The fourth-order valence-electron chi connectivity index (χ4n) is 1.51. The minimum atomic E-state index is 0.467. The standard InChI is InChI=1S/C13H12ClN3S/c1-8-9(2)18-13(17-8)7-16-11-4-3-10(6-15)12(14)5-11/h3-5,16H,7H2,1-2H3. The lowest BCUT2D eigenvalue weighted by Gasteiger charge is -2.05. The molecule has 0 atom stereocenters. The zero-order chi connectivity index (χ0) is 13.1. The Balaban J connectivity index is 2.07. The van der Waals surface area contributed by atoms with Gasteiger partial charge in [-0.05, 0) is 32.0 Å². The van der Waals surface area contributed by atoms with Gasteiger partial charge in [0.2, 0.25) is 0 Å². The topological polar surface area (TPSA) is 48.7 Å². The van der Waals surface area contributed by atoms with Crippen LogP contribution in [-0.2, 0) is 6.54 Å². The Hall–Kier alpha value is -1.57. The second-order valence-electron chi connectivity index (χ2n) is 3.91. The van der Waals surface area contributed by atoms with Crippen molar-refractivity contribution in [2.45, 2.75) is 20.4 Å². The maximum atomic E-state index is 8.79. The Bertz CT molecular complexity index is 594. The number of nitrogens with zero attached hydrogens (tertiary/aromatic N) is 2. The van der Waals surface area contributed by atoms with Gasteiger partial charge in [0.15, 0.2) is 0 Å². The highest BCUT2D eigenvalue weighted by atomic mass is 35.5. The summed E-state index contributed by atoms with van der Waals surface area (Å²) in [5, 5.41) is 13.5. The number of hydrogen-bond donors (Lipinski definition) is 1. The van der Waals surface area contributed by atoms with Gasteiger partial charge in [-0.1, -0.05) is 11.6 Å². The van der Waals surface area contributed by atoms with Gasteiger partial charge in [0.25, 0.3) is 0 Å². The average molecular weight is 278 g/mol. The number of rotatable bonds is 3. The molecule has 92 valence electrons. The molecule has 0 bridgehead atoms. The van der Waals surface area contributed by atoms with E-state index < -0.39 is 0 Å². The summed E-state index contributed by atoms with van der Waals surface area (Å²) in [6.45, 7) is 4.74. The van der Waals surface area contributed by atoms with E-state index in [1.165, 1.54) is 4.88 Å². The Morgan fingerprint density at radius 3 is 2.78 bits per heavy atom. The number of benzene rings is 1. The molecule has 1 aromatic heterocycles. The first-order valence-corrected chi connectivity index (χ1v) is 6.66. The molecule has 2 aromatic rings. The molecule has 1 aromatic carbocycles. The third-order valence-corrected chi connectivity index (χ3v) is 3.99. The highest BCUT2D eigenvalue weighted by Crippen LogP contribution is 2.22. The molecule has 1 N–H and O–H groups in total. The predicted octanol–water partition coefficient (Wildman–Crippen LogP) is 3.90. The first-order chi connectivity index (χ1) is 8.60. The molecule has 0 aliphatic rings. The van der Waals surface area contributed by atoms with E-state index >= 15 is 0 Å². The average Bonchev–Trinajstić information content (AvgIpc) is 2.66. The molecule has 0 aliphatic heterocycles. The lowest BCUT2D eigenvalue weighted by atomic mass is 10.2. The Morgan fingerprint density at radius 1 is 1.44 bits per heavy atom. The van der Waals surface area contributed by atoms with Crippen molar-refractivity contribution in [3.63, 3.8) is 0 Å². The number of aromatic nitrogens is 1. The molecule has 18 heavy (non-hydrogen) atoms. The summed E-state index contributed by atoms with van der Waals surface area (Å²) in [7, 11) is 0. The highest BCUT2D eigenvalue weighted by molar-refractivity contribution is 7.11. The molecule has 0 saturated carbocycles. The minimum Gasteiger partial charge on any atom is -0.378 e. The quantitative estimate of drug-likeness (QED) is 0.926. The van der Waals surface area contributed by atoms with Crippen LogP contribution < -0.4 is 5.32 Å². The van der Waals surface area contributed by atoms with E-state index in [-0.39, 0.29) is 0 Å². The van der Waals surface area contributed by atoms with Crippen molar-refractivity contribution in [1.82, 2.24) is 4.98 Å². The maximum absolute atomic E-state index is 8.79. The lowest BCUT2D eigenvalue weighted by molar-refractivity contribution is 1.07. The van der Waals surface area contributed by atoms with Crippen LogP contribution in [0.1, 0.15) is 21.1 Å². The van der Waals surface area contributed by atoms with E-state index in [4.69, 9.17) is 16.9 Å². The summed E-state index contributed by atoms with van der Waals surface area (Å²) in [4.78, 5) is 5.69. The number of hydrogen-bond acceptors (Lipinski definition) is 4. The van der Waals surface area contributed by atoms with E-state index in [2.05, 4.69) is 17.2 Å². The van der Waals surface area contributed by atoms with Crippen LogP contribution in [0.25, 0.3) is 0 Å². The van der Waals surface area contributed by atoms with E-state index in [9.17, 15) is 0 Å². The van der Waals surface area contributed by atoms with Crippen molar-refractivity contribution in [2.24, 2.45) is 0 Å². The van der Waals surface area contributed by atoms with Crippen LogP contribution >= 0.6 is 22.9 Å². The molecule has 0 saturated heterocycles. The zero-order valence-electron chi connectivity index (χ0n) is 10.1. The number of anilines is 1. The number of nitriles is 1. The normalized spacial score (nSPS) is 10.1. The molecule has 0 fully saturated rings. The van der Waals surface area contributed by atoms with Crippen LogP contribution in [0.2, 0.25) is 5.02 Å². The van der Waals surface area contributed by atoms with E-state index in [0.717, 1.165) is 16.4 Å². The van der Waals surface area contributed by atoms with Gasteiger partial charge in [0.1, 0.15) is 11.1 Å². The maximum Gasteiger partial charge on any atom is 0.112 e. The van der Waals surface area contributed by atoms with Crippen LogP contribution in [0.5, 0.6) is 0 Å². The number of thiazole rings is 1. The van der Waals surface area contributed by atoms with Crippen LogP contribution in [0.4, 0.5) is 5.69 Å². The first-order valence-electron chi connectivity index (χ1n) is 5.46. The summed E-state index contributed by atoms with van der Waals surface area (Å²) >= 11 is 7.65. The molecule has 0 unspecified atom stereocenters. The Labute approximate surface area is 115 Å². The van der Waals surface area contributed by atoms with Crippen molar-refractivity contribution >= 4 is 28.6 Å². The van der Waals surface area contributed by atoms with Crippen LogP contribution in [0.3, 0.4) is 0 Å². The van der Waals surface area contributed by atoms with Crippen LogP contribution in [0.15, 0.2) is 18.2 Å². The second-order valence-corrected chi connectivity index (χ2v) is 5.60. The third kappa shape index (κ3) is 2.81. The van der Waals surface area contributed by atoms with Gasteiger partial charge >= 0.3 is 0 Å². The summed E-state index contributed by atoms with van der Waals surface area (Å²) in [5.41, 5.74) is 2.46. The fourth-order valence-corrected chi connectivity index (χ4v) is 2.60. The highest BCUT2D eigenvalue weighted by Gasteiger charge is 2.04. The summed E-state index contributed by atoms with van der Waals surface area (Å²) < 4.78 is 0. The van der Waals surface area contributed by atoms with Crippen LogP contribution in [-0.4, -0.2) is 4.98 Å². The SMILES string of the molecule is Cc1nc(CNc2ccc(C#N)c(Cl)c2)sc1C. The predicted molar refractivity (Wildman–Crippen MR) is 75.1 cm³/mol. The molecule has 2 rings (SSSR count). The molecule has 5 heteroatoms. The molecule has 0 amide bonds. The Kier molecular flexibility index (Phi) is 3.85. The summed E-state index contributed by atoms with van der Waals surface area (Å²) in [6, 6.07) is 7.35. The van der Waals surface area contributed by atoms with Gasteiger partial charge in [-0.25, -0.2) is 4.98 Å². The molecular weight excluding hydrogens is 266 g/mol. The second kappa shape index (κ2) is 5.38. The molecule has 3 nitrogen and oxygen atoms in total. The van der Waals surface area contributed by atoms with Gasteiger partial charge in [0, 0.05) is 10.6 Å². The summed E-state index contributed by atoms with van der Waals surface area (Å²) in [5.74, 6) is 0. The fraction of sp³-hybridized carbons (Fsp3) is 0.231. The molecular formula is C13H12ClN3S.